The van der Waals surface area contributed by atoms with Gasteiger partial charge in [0, 0.05) is 0 Å². The van der Waals surface area contributed by atoms with E-state index >= 15 is 0 Å². The molecule has 0 spiro atoms. The maximum absolute atomic E-state index is 10.8. The molecule has 0 aliphatic heterocycles. The molecule has 0 amide bonds. The first-order valence-corrected chi connectivity index (χ1v) is 3.12. The van der Waals surface area contributed by atoms with Crippen LogP contribution in [0.2, 0.25) is 0 Å². The number of carboxylic acid groups (broad SMARTS) is 1. The van der Waals surface area contributed by atoms with E-state index in [2.05, 4.69) is 0 Å². The summed E-state index contributed by atoms with van der Waals surface area (Å²) >= 11 is 0. The van der Waals surface area contributed by atoms with Gasteiger partial charge in [0.05, 0.1) is 5.56 Å². The smallest absolute Gasteiger partial charge is 1.00 e. The van der Waals surface area contributed by atoms with Crippen molar-refractivity contribution in [2.24, 2.45) is 0 Å². The van der Waals surface area contributed by atoms with Crippen LogP contribution in [0.1, 0.15) is 15.9 Å². The first kappa shape index (κ1) is 24.3. The molecular weight excluding hydrogens is 298 g/mol. The molecule has 0 aliphatic rings. The molecule has 1 N–H and O–H groups in total. The zero-order valence-electron chi connectivity index (χ0n) is 7.63. The standard InChI is InChI=1S/C8H8O3.3ClH.Ti/c1-5-2-3-7(9)6(4-5)8(10)11;;;;/h2-4,9H,1H3,(H,10,11);3*1H;/q;;;;+4/p-4. The minimum absolute atomic E-state index is 0. The Balaban J connectivity index is -0.000000151. The van der Waals surface area contributed by atoms with Crippen LogP contribution in [0.4, 0.5) is 0 Å². The van der Waals surface area contributed by atoms with Gasteiger partial charge in [-0.05, 0) is 13.0 Å². The van der Waals surface area contributed by atoms with Gasteiger partial charge in [0.1, 0.15) is 0 Å². The molecule has 0 atom stereocenters. The van der Waals surface area contributed by atoms with Gasteiger partial charge in [-0.1, -0.05) is 23.4 Å². The molecule has 1 rings (SSSR count). The van der Waals surface area contributed by atoms with Crippen LogP contribution in [0, 0.1) is 6.92 Å². The predicted molar refractivity (Wildman–Crippen MR) is 37.6 cm³/mol. The van der Waals surface area contributed by atoms with Crippen LogP contribution >= 0.6 is 0 Å². The van der Waals surface area contributed by atoms with Crippen LogP contribution < -0.4 is 42.3 Å². The van der Waals surface area contributed by atoms with Crippen LogP contribution in [0.5, 0.6) is 5.75 Å². The van der Waals surface area contributed by atoms with Crippen molar-refractivity contribution >= 4 is 5.97 Å². The number of aryl methyl sites for hydroxylation is 1. The Labute approximate surface area is 121 Å². The second-order valence-electron chi connectivity index (χ2n) is 2.30. The average molecular weight is 305 g/mol. The maximum atomic E-state index is 10.8. The Hall–Kier alpha value is 0.0743. The Morgan fingerprint density at radius 3 is 2.07 bits per heavy atom. The first-order valence-electron chi connectivity index (χ1n) is 3.12. The molecule has 0 aliphatic carbocycles. The van der Waals surface area contributed by atoms with Crippen LogP contribution in [0.25, 0.3) is 0 Å². The van der Waals surface area contributed by atoms with Crippen molar-refractivity contribution in [3.8, 4) is 5.75 Å². The molecule has 0 fully saturated rings. The number of rotatable bonds is 1. The molecule has 3 nitrogen and oxygen atoms in total. The van der Waals surface area contributed by atoms with Crippen molar-refractivity contribution in [3.63, 3.8) is 0 Å². The molecule has 7 heteroatoms. The minimum atomic E-state index is -1.17. The van der Waals surface area contributed by atoms with E-state index in [0.717, 1.165) is 5.56 Å². The van der Waals surface area contributed by atoms with Gasteiger partial charge in [0.15, 0.2) is 0 Å². The third-order valence-electron chi connectivity index (χ3n) is 1.37. The molecule has 0 aromatic heterocycles. The second kappa shape index (κ2) is 10.6. The number of carboxylic acids is 1. The summed E-state index contributed by atoms with van der Waals surface area (Å²) in [6.07, 6.45) is 0. The molecular formula is C8H7Cl3O3Ti. The van der Waals surface area contributed by atoms with Gasteiger partial charge in [-0.3, -0.25) is 0 Å². The Kier molecular flexibility index (Phi) is 17.2. The Morgan fingerprint density at radius 1 is 1.27 bits per heavy atom. The molecule has 0 unspecified atom stereocenters. The molecule has 0 bridgehead atoms. The third kappa shape index (κ3) is 7.04. The molecule has 0 saturated carbocycles. The van der Waals surface area contributed by atoms with E-state index < -0.39 is 11.7 Å². The van der Waals surface area contributed by atoms with Gasteiger partial charge in [0.25, 0.3) is 0 Å². The number of hydrogen-bond donors (Lipinski definition) is 1. The third-order valence-corrected chi connectivity index (χ3v) is 1.37. The van der Waals surface area contributed by atoms with Crippen molar-refractivity contribution in [1.82, 2.24) is 0 Å². The second-order valence-corrected chi connectivity index (χ2v) is 2.30. The fraction of sp³-hybridized carbons (Fsp3) is 0.125. The van der Waals surface area contributed by atoms with Crippen molar-refractivity contribution in [2.75, 3.05) is 0 Å². The van der Waals surface area contributed by atoms with Gasteiger partial charge in [-0.2, -0.15) is 0 Å². The summed E-state index contributed by atoms with van der Waals surface area (Å²) in [5.41, 5.74) is 0.618. The zero-order chi connectivity index (χ0) is 8.43. The predicted octanol–water partition coefficient (Wildman–Crippen LogP) is -8.22. The summed E-state index contributed by atoms with van der Waals surface area (Å²) in [5.74, 6) is -1.61. The summed E-state index contributed by atoms with van der Waals surface area (Å²) in [7, 11) is 0. The zero-order valence-corrected chi connectivity index (χ0v) is 11.5. The minimum Gasteiger partial charge on any atom is -1.00 e. The summed E-state index contributed by atoms with van der Waals surface area (Å²) in [6, 6.07) is 4.22. The molecule has 1 aromatic rings. The first-order chi connectivity index (χ1) is 5.11. The van der Waals surface area contributed by atoms with Crippen LogP contribution in [-0.4, -0.2) is 11.1 Å². The molecule has 0 saturated heterocycles. The summed E-state index contributed by atoms with van der Waals surface area (Å²) in [5, 5.41) is 19.3. The number of carbonyl (C=O) groups is 1. The van der Waals surface area contributed by atoms with Gasteiger partial charge >= 0.3 is 27.7 Å². The largest absolute Gasteiger partial charge is 4.00 e. The van der Waals surface area contributed by atoms with E-state index in [1.54, 1.807) is 13.0 Å². The number of aromatic carboxylic acids is 1. The maximum Gasteiger partial charge on any atom is 4.00 e. The topological polar surface area (TPSA) is 60.4 Å². The van der Waals surface area contributed by atoms with E-state index in [1.807, 2.05) is 0 Å². The fourth-order valence-electron chi connectivity index (χ4n) is 0.811. The van der Waals surface area contributed by atoms with Gasteiger partial charge in [0.2, 0.25) is 0 Å². The monoisotopic (exact) mass is 304 g/mol. The van der Waals surface area contributed by atoms with E-state index in [-0.39, 0.29) is 64.5 Å². The number of benzene rings is 1. The molecule has 1 aromatic carbocycles. The Morgan fingerprint density at radius 2 is 1.73 bits per heavy atom. The van der Waals surface area contributed by atoms with Gasteiger partial charge in [-0.25, -0.2) is 4.79 Å². The van der Waals surface area contributed by atoms with Crippen molar-refractivity contribution in [2.45, 2.75) is 6.92 Å². The molecule has 0 radical (unpaired) electrons. The van der Waals surface area contributed by atoms with E-state index in [9.17, 15) is 9.90 Å². The fourth-order valence-corrected chi connectivity index (χ4v) is 0.811. The van der Waals surface area contributed by atoms with Crippen LogP contribution in [0.15, 0.2) is 18.2 Å². The van der Waals surface area contributed by atoms with Crippen molar-refractivity contribution in [3.05, 3.63) is 29.3 Å². The average Bonchev–Trinajstić information content (AvgIpc) is 1.94. The number of halogens is 3. The number of hydrogen-bond acceptors (Lipinski definition) is 2. The van der Waals surface area contributed by atoms with Crippen molar-refractivity contribution < 1.29 is 73.9 Å². The SMILES string of the molecule is Cc1ccc([O-])c(C(=O)O)c1.[Cl-].[Cl-].[Cl-].[Ti+4]. The summed E-state index contributed by atoms with van der Waals surface area (Å²) < 4.78 is 0. The molecule has 0 heterocycles. The van der Waals surface area contributed by atoms with E-state index in [0.29, 0.717) is 0 Å². The quantitative estimate of drug-likeness (QED) is 0.524. The Bertz CT molecular complexity index is 307. The summed E-state index contributed by atoms with van der Waals surface area (Å²) in [4.78, 5) is 10.4. The molecule has 82 valence electrons. The van der Waals surface area contributed by atoms with Crippen LogP contribution in [0.3, 0.4) is 0 Å². The van der Waals surface area contributed by atoms with Crippen LogP contribution in [-0.2, 0) is 21.7 Å². The van der Waals surface area contributed by atoms with Crippen molar-refractivity contribution in [1.29, 1.82) is 0 Å². The van der Waals surface area contributed by atoms with Gasteiger partial charge < -0.3 is 47.4 Å². The molecule has 15 heavy (non-hydrogen) atoms. The normalized spacial score (nSPS) is 7.00. The van der Waals surface area contributed by atoms with Gasteiger partial charge in [-0.15, -0.1) is 0 Å². The van der Waals surface area contributed by atoms with E-state index in [1.165, 1.54) is 12.1 Å². The van der Waals surface area contributed by atoms with E-state index in [4.69, 9.17) is 5.11 Å². The summed E-state index contributed by atoms with van der Waals surface area (Å²) in [6.45, 7) is 1.74.